The van der Waals surface area contributed by atoms with Crippen LogP contribution in [0.4, 0.5) is 0 Å². The van der Waals surface area contributed by atoms with Crippen LogP contribution < -0.4 is 0 Å². The van der Waals surface area contributed by atoms with Crippen LogP contribution in [0.2, 0.25) is 0 Å². The summed E-state index contributed by atoms with van der Waals surface area (Å²) >= 11 is 0. The van der Waals surface area contributed by atoms with Crippen LogP contribution in [-0.4, -0.2) is 30.4 Å². The van der Waals surface area contributed by atoms with Gasteiger partial charge in [-0.1, -0.05) is 44.2 Å². The van der Waals surface area contributed by atoms with Gasteiger partial charge < -0.3 is 9.64 Å². The number of carbonyl (C=O) groups excluding carboxylic acids is 2. The Morgan fingerprint density at radius 3 is 2.43 bits per heavy atom. The number of ether oxygens (including phenoxy) is 1. The topological polar surface area (TPSA) is 46.6 Å². The summed E-state index contributed by atoms with van der Waals surface area (Å²) in [5.74, 6) is 0.486. The van der Waals surface area contributed by atoms with Gasteiger partial charge in [0, 0.05) is 26.4 Å². The van der Waals surface area contributed by atoms with E-state index in [0.717, 1.165) is 18.4 Å². The predicted octanol–water partition coefficient (Wildman–Crippen LogP) is 3.79. The van der Waals surface area contributed by atoms with Crippen LogP contribution in [0.25, 0.3) is 0 Å². The van der Waals surface area contributed by atoms with E-state index in [9.17, 15) is 9.59 Å². The third-order valence-electron chi connectivity index (χ3n) is 3.65. The molecule has 0 heterocycles. The molecule has 0 N–H and O–H groups in total. The van der Waals surface area contributed by atoms with Crippen LogP contribution in [0, 0.1) is 5.92 Å². The summed E-state index contributed by atoms with van der Waals surface area (Å²) in [7, 11) is 1.79. The van der Waals surface area contributed by atoms with Gasteiger partial charge in [0.2, 0.25) is 5.91 Å². The smallest absolute Gasteiger partial charge is 0.305 e. The first-order valence-corrected chi connectivity index (χ1v) is 8.42. The number of amides is 1. The van der Waals surface area contributed by atoms with Crippen LogP contribution in [0.5, 0.6) is 0 Å². The number of benzene rings is 1. The molecule has 0 atom stereocenters. The lowest BCUT2D eigenvalue weighted by Crippen LogP contribution is -2.26. The highest BCUT2D eigenvalue weighted by Crippen LogP contribution is 2.07. The van der Waals surface area contributed by atoms with Crippen LogP contribution >= 0.6 is 0 Å². The Morgan fingerprint density at radius 2 is 1.78 bits per heavy atom. The molecule has 128 valence electrons. The molecule has 1 rings (SSSR count). The van der Waals surface area contributed by atoms with Crippen molar-refractivity contribution in [2.24, 2.45) is 5.92 Å². The lowest BCUT2D eigenvalue weighted by molar-refractivity contribution is -0.144. The van der Waals surface area contributed by atoms with E-state index in [1.54, 1.807) is 11.9 Å². The summed E-state index contributed by atoms with van der Waals surface area (Å²) in [4.78, 5) is 25.3. The zero-order valence-corrected chi connectivity index (χ0v) is 14.6. The van der Waals surface area contributed by atoms with E-state index < -0.39 is 0 Å². The maximum absolute atomic E-state index is 12.0. The maximum Gasteiger partial charge on any atom is 0.305 e. The number of hydrogen-bond donors (Lipinski definition) is 0. The van der Waals surface area contributed by atoms with Gasteiger partial charge in [0.15, 0.2) is 0 Å². The molecule has 0 aliphatic heterocycles. The first-order chi connectivity index (χ1) is 11.0. The first-order valence-electron chi connectivity index (χ1n) is 8.42. The van der Waals surface area contributed by atoms with Gasteiger partial charge in [-0.2, -0.15) is 0 Å². The van der Waals surface area contributed by atoms with Crippen molar-refractivity contribution in [1.82, 2.24) is 4.90 Å². The fourth-order valence-corrected chi connectivity index (χ4v) is 2.27. The molecular weight excluding hydrogens is 290 g/mol. The lowest BCUT2D eigenvalue weighted by atomic mass is 10.1. The van der Waals surface area contributed by atoms with Gasteiger partial charge in [0.05, 0.1) is 6.61 Å². The van der Waals surface area contributed by atoms with E-state index in [1.165, 1.54) is 0 Å². The minimum absolute atomic E-state index is 0.0569. The molecule has 4 nitrogen and oxygen atoms in total. The van der Waals surface area contributed by atoms with Crippen molar-refractivity contribution in [3.8, 4) is 0 Å². The van der Waals surface area contributed by atoms with Gasteiger partial charge in [0.25, 0.3) is 0 Å². The molecule has 0 radical (unpaired) electrons. The van der Waals surface area contributed by atoms with E-state index in [1.807, 2.05) is 30.3 Å². The van der Waals surface area contributed by atoms with Crippen molar-refractivity contribution in [2.45, 2.75) is 52.5 Å². The number of nitrogens with zero attached hydrogens (tertiary/aromatic N) is 1. The summed E-state index contributed by atoms with van der Waals surface area (Å²) in [6.45, 7) is 5.39. The maximum atomic E-state index is 12.0. The highest BCUT2D eigenvalue weighted by Gasteiger charge is 2.11. The summed E-state index contributed by atoms with van der Waals surface area (Å²) in [5, 5.41) is 0. The van der Waals surface area contributed by atoms with Crippen LogP contribution in [0.15, 0.2) is 30.3 Å². The van der Waals surface area contributed by atoms with Crippen molar-refractivity contribution in [3.05, 3.63) is 35.9 Å². The lowest BCUT2D eigenvalue weighted by Gasteiger charge is -2.17. The highest BCUT2D eigenvalue weighted by molar-refractivity contribution is 5.77. The molecule has 0 saturated heterocycles. The van der Waals surface area contributed by atoms with Gasteiger partial charge in [-0.3, -0.25) is 9.59 Å². The number of carbonyl (C=O) groups is 2. The summed E-state index contributed by atoms with van der Waals surface area (Å²) < 4.78 is 5.17. The summed E-state index contributed by atoms with van der Waals surface area (Å²) in [6, 6.07) is 9.88. The third-order valence-corrected chi connectivity index (χ3v) is 3.65. The van der Waals surface area contributed by atoms with Gasteiger partial charge in [-0.15, -0.1) is 0 Å². The summed E-state index contributed by atoms with van der Waals surface area (Å²) in [6.07, 6.45) is 3.20. The second-order valence-electron chi connectivity index (χ2n) is 6.35. The van der Waals surface area contributed by atoms with Gasteiger partial charge >= 0.3 is 5.97 Å². The molecule has 0 aliphatic rings. The van der Waals surface area contributed by atoms with Crippen molar-refractivity contribution in [2.75, 3.05) is 13.7 Å². The van der Waals surface area contributed by atoms with Crippen LogP contribution in [0.1, 0.15) is 51.5 Å². The molecule has 0 bridgehead atoms. The van der Waals surface area contributed by atoms with Gasteiger partial charge in [-0.25, -0.2) is 0 Å². The molecule has 1 aromatic rings. The minimum atomic E-state index is -0.202. The summed E-state index contributed by atoms with van der Waals surface area (Å²) in [5.41, 5.74) is 1.10. The Labute approximate surface area is 139 Å². The second kappa shape index (κ2) is 10.8. The molecule has 1 amide bonds. The molecule has 0 fully saturated rings. The zero-order chi connectivity index (χ0) is 17.1. The van der Waals surface area contributed by atoms with Crippen molar-refractivity contribution in [3.63, 3.8) is 0 Å². The van der Waals surface area contributed by atoms with Gasteiger partial charge in [-0.05, 0) is 30.7 Å². The van der Waals surface area contributed by atoms with Crippen molar-refractivity contribution >= 4 is 11.9 Å². The molecule has 0 unspecified atom stereocenters. The molecule has 0 aliphatic carbocycles. The average molecular weight is 319 g/mol. The van der Waals surface area contributed by atoms with E-state index in [0.29, 0.717) is 38.3 Å². The Morgan fingerprint density at radius 1 is 1.09 bits per heavy atom. The average Bonchev–Trinajstić information content (AvgIpc) is 2.52. The number of rotatable bonds is 10. The van der Waals surface area contributed by atoms with Crippen LogP contribution in [-0.2, 0) is 20.9 Å². The zero-order valence-electron chi connectivity index (χ0n) is 14.6. The number of esters is 1. The fraction of sp³-hybridized carbons (Fsp3) is 0.579. The molecular formula is C19H29NO3. The Balaban J connectivity index is 2.14. The minimum Gasteiger partial charge on any atom is -0.466 e. The third kappa shape index (κ3) is 9.01. The predicted molar refractivity (Wildman–Crippen MR) is 91.8 cm³/mol. The Hall–Kier alpha value is -1.84. The highest BCUT2D eigenvalue weighted by atomic mass is 16.5. The normalized spacial score (nSPS) is 10.6. The molecule has 0 aromatic heterocycles. The van der Waals surface area contributed by atoms with Crippen LogP contribution in [0.3, 0.4) is 0 Å². The monoisotopic (exact) mass is 319 g/mol. The molecule has 4 heteroatoms. The van der Waals surface area contributed by atoms with Crippen molar-refractivity contribution < 1.29 is 14.3 Å². The van der Waals surface area contributed by atoms with E-state index in [-0.39, 0.29) is 11.9 Å². The quantitative estimate of drug-likeness (QED) is 0.487. The van der Waals surface area contributed by atoms with E-state index in [4.69, 9.17) is 4.74 Å². The second-order valence-corrected chi connectivity index (χ2v) is 6.35. The Bertz CT molecular complexity index is 471. The van der Waals surface area contributed by atoms with Crippen molar-refractivity contribution in [1.29, 1.82) is 0 Å². The van der Waals surface area contributed by atoms with Gasteiger partial charge in [0.1, 0.15) is 0 Å². The standard InChI is InChI=1S/C19H29NO3/c1-16(2)9-8-14-23-19(22)13-7-12-18(21)20(3)15-17-10-5-4-6-11-17/h4-6,10-11,16H,7-9,12-15H2,1-3H3. The molecule has 1 aromatic carbocycles. The van der Waals surface area contributed by atoms with E-state index in [2.05, 4.69) is 13.8 Å². The molecule has 0 spiro atoms. The molecule has 23 heavy (non-hydrogen) atoms. The number of hydrogen-bond acceptors (Lipinski definition) is 3. The SMILES string of the molecule is CC(C)CCCOC(=O)CCCC(=O)N(C)Cc1ccccc1. The van der Waals surface area contributed by atoms with E-state index >= 15 is 0 Å². The first kappa shape index (κ1) is 19.2. The largest absolute Gasteiger partial charge is 0.466 e. The Kier molecular flexibility index (Phi) is 9.03. The molecule has 0 saturated carbocycles. The fourth-order valence-electron chi connectivity index (χ4n) is 2.27.